The largest absolute Gasteiger partial charge is 0.480 e. The first-order chi connectivity index (χ1) is 16.5. The second-order valence-electron chi connectivity index (χ2n) is 8.30. The van der Waals surface area contributed by atoms with Crippen LogP contribution >= 0.6 is 35.0 Å². The number of aryl methyl sites for hydroxylation is 1. The van der Waals surface area contributed by atoms with Gasteiger partial charge in [-0.25, -0.2) is 4.68 Å². The highest BCUT2D eigenvalue weighted by Crippen LogP contribution is 2.52. The van der Waals surface area contributed by atoms with Crippen molar-refractivity contribution in [1.82, 2.24) is 14.8 Å². The first kappa shape index (κ1) is 21.6. The van der Waals surface area contributed by atoms with Crippen molar-refractivity contribution in [2.24, 2.45) is 0 Å². The van der Waals surface area contributed by atoms with Crippen LogP contribution in [0, 0.1) is 6.92 Å². The molecule has 2 atom stereocenters. The summed E-state index contributed by atoms with van der Waals surface area (Å²) < 4.78 is 8.58. The van der Waals surface area contributed by atoms with Crippen LogP contribution in [0.15, 0.2) is 77.5 Å². The highest BCUT2D eigenvalue weighted by Gasteiger charge is 2.42. The highest BCUT2D eigenvalue weighted by atomic mass is 35.5. The molecule has 0 saturated heterocycles. The van der Waals surface area contributed by atoms with E-state index in [2.05, 4.69) is 36.5 Å². The Bertz CT molecular complexity index is 1450. The number of hydrogen-bond acceptors (Lipinski definition) is 5. The van der Waals surface area contributed by atoms with Gasteiger partial charge in [0.2, 0.25) is 11.1 Å². The molecule has 0 saturated carbocycles. The number of hydrogen-bond donors (Lipinski definition) is 1. The van der Waals surface area contributed by atoms with Crippen molar-refractivity contribution in [3.05, 3.63) is 105 Å². The van der Waals surface area contributed by atoms with Gasteiger partial charge in [0, 0.05) is 26.7 Å². The first-order valence-electron chi connectivity index (χ1n) is 10.8. The molecule has 0 amide bonds. The lowest BCUT2D eigenvalue weighted by Gasteiger charge is -2.39. The lowest BCUT2D eigenvalue weighted by molar-refractivity contribution is 0.223. The number of benzene rings is 3. The molecular weight excluding hydrogens is 487 g/mol. The van der Waals surface area contributed by atoms with E-state index in [0.29, 0.717) is 21.2 Å². The van der Waals surface area contributed by atoms with Crippen LogP contribution in [0.5, 0.6) is 5.75 Å². The van der Waals surface area contributed by atoms with E-state index in [4.69, 9.17) is 38.0 Å². The van der Waals surface area contributed by atoms with Crippen molar-refractivity contribution in [3.63, 3.8) is 0 Å². The monoisotopic (exact) mass is 506 g/mol. The van der Waals surface area contributed by atoms with Crippen LogP contribution in [0.2, 0.25) is 10.0 Å². The van der Waals surface area contributed by atoms with Gasteiger partial charge >= 0.3 is 0 Å². The zero-order valence-corrected chi connectivity index (χ0v) is 20.7. The van der Waals surface area contributed by atoms with Crippen LogP contribution in [0.3, 0.4) is 0 Å². The Labute approximate surface area is 211 Å². The predicted octanol–water partition coefficient (Wildman–Crippen LogP) is 7.18. The molecule has 6 rings (SSSR count). The molecule has 34 heavy (non-hydrogen) atoms. The minimum atomic E-state index is -0.425. The smallest absolute Gasteiger partial charge is 0.227 e. The van der Waals surface area contributed by atoms with E-state index in [1.54, 1.807) is 0 Å². The topological polar surface area (TPSA) is 52.0 Å². The third-order valence-corrected chi connectivity index (χ3v) is 7.30. The van der Waals surface area contributed by atoms with Gasteiger partial charge in [0.05, 0.1) is 5.70 Å². The summed E-state index contributed by atoms with van der Waals surface area (Å²) >= 11 is 14.6. The number of nitrogens with zero attached hydrogens (tertiary/aromatic N) is 3. The summed E-state index contributed by atoms with van der Waals surface area (Å²) in [6, 6.07) is 21.7. The van der Waals surface area contributed by atoms with Gasteiger partial charge in [0.15, 0.2) is 6.10 Å². The summed E-state index contributed by atoms with van der Waals surface area (Å²) in [5, 5.41) is 10.3. The van der Waals surface area contributed by atoms with Crippen LogP contribution in [0.4, 0.5) is 5.95 Å². The van der Waals surface area contributed by atoms with E-state index < -0.39 is 6.10 Å². The molecule has 1 N–H and O–H groups in total. The van der Waals surface area contributed by atoms with Crippen molar-refractivity contribution >= 4 is 46.6 Å². The zero-order valence-electron chi connectivity index (χ0n) is 18.4. The van der Waals surface area contributed by atoms with Gasteiger partial charge in [0.25, 0.3) is 0 Å². The second-order valence-corrected chi connectivity index (χ2v) is 9.91. The molecular formula is C26H20Cl2N4OS. The van der Waals surface area contributed by atoms with Gasteiger partial charge in [-0.2, -0.15) is 4.98 Å². The molecule has 3 heterocycles. The maximum absolute atomic E-state index is 6.70. The standard InChI is InChI=1S/C26H20Cl2N4OS/c1-14-7-9-15(10-8-14)23-21-22(29-25-30-26(34-2)31-32(23)25)18-13-16(27)11-12-20(18)33-24(21)17-5-3-4-6-19(17)28/h3-13,23-24H,1-2H3,(H,29,30,31). The van der Waals surface area contributed by atoms with Crippen molar-refractivity contribution in [2.45, 2.75) is 24.2 Å². The fourth-order valence-corrected chi connectivity index (χ4v) is 5.34. The summed E-state index contributed by atoms with van der Waals surface area (Å²) in [5.74, 6) is 1.42. The van der Waals surface area contributed by atoms with E-state index in [9.17, 15) is 0 Å². The maximum Gasteiger partial charge on any atom is 0.227 e. The molecule has 0 spiro atoms. The molecule has 0 aliphatic carbocycles. The summed E-state index contributed by atoms with van der Waals surface area (Å²) in [7, 11) is 0. The Morgan fingerprint density at radius 3 is 2.59 bits per heavy atom. The average molecular weight is 507 g/mol. The highest BCUT2D eigenvalue weighted by molar-refractivity contribution is 7.98. The van der Waals surface area contributed by atoms with Gasteiger partial charge in [-0.05, 0) is 43.0 Å². The van der Waals surface area contributed by atoms with E-state index in [0.717, 1.165) is 33.7 Å². The second kappa shape index (κ2) is 8.38. The van der Waals surface area contributed by atoms with E-state index in [1.165, 1.54) is 17.3 Å². The quantitative estimate of drug-likeness (QED) is 0.298. The van der Waals surface area contributed by atoms with Gasteiger partial charge in [-0.3, -0.25) is 0 Å². The molecule has 2 aliphatic rings. The number of anilines is 1. The molecule has 0 bridgehead atoms. The molecule has 3 aromatic carbocycles. The molecule has 1 aromatic heterocycles. The fraction of sp³-hybridized carbons (Fsp3) is 0.154. The summed E-state index contributed by atoms with van der Waals surface area (Å²) in [6.45, 7) is 2.08. The molecule has 2 aliphatic heterocycles. The molecule has 8 heteroatoms. The molecule has 5 nitrogen and oxygen atoms in total. The summed E-state index contributed by atoms with van der Waals surface area (Å²) in [5.41, 5.74) is 6.00. The third-order valence-electron chi connectivity index (χ3n) is 6.18. The van der Waals surface area contributed by atoms with Gasteiger partial charge in [-0.15, -0.1) is 5.10 Å². The molecule has 4 aromatic rings. The molecule has 170 valence electrons. The number of aromatic nitrogens is 3. The van der Waals surface area contributed by atoms with Crippen molar-refractivity contribution < 1.29 is 4.74 Å². The average Bonchev–Trinajstić information content (AvgIpc) is 3.26. The van der Waals surface area contributed by atoms with Crippen LogP contribution in [-0.2, 0) is 0 Å². The summed E-state index contributed by atoms with van der Waals surface area (Å²) in [4.78, 5) is 4.73. The van der Waals surface area contributed by atoms with Crippen molar-refractivity contribution in [2.75, 3.05) is 11.6 Å². The Kier molecular flexibility index (Phi) is 5.32. The van der Waals surface area contributed by atoms with Crippen LogP contribution in [0.1, 0.15) is 34.4 Å². The number of thioether (sulfide) groups is 1. The number of rotatable bonds is 3. The minimum absolute atomic E-state index is 0.242. The fourth-order valence-electron chi connectivity index (χ4n) is 4.58. The van der Waals surface area contributed by atoms with E-state index >= 15 is 0 Å². The lowest BCUT2D eigenvalue weighted by Crippen LogP contribution is -2.32. The molecule has 2 unspecified atom stereocenters. The van der Waals surface area contributed by atoms with E-state index in [1.807, 2.05) is 53.4 Å². The van der Waals surface area contributed by atoms with Crippen molar-refractivity contribution in [3.8, 4) is 5.75 Å². The lowest BCUT2D eigenvalue weighted by atomic mass is 9.84. The normalized spacial score (nSPS) is 18.5. The van der Waals surface area contributed by atoms with E-state index in [-0.39, 0.29) is 6.04 Å². The number of halogens is 2. The number of ether oxygens (including phenoxy) is 1. The summed E-state index contributed by atoms with van der Waals surface area (Å²) in [6.07, 6.45) is 1.55. The zero-order chi connectivity index (χ0) is 23.4. The van der Waals surface area contributed by atoms with Crippen LogP contribution in [-0.4, -0.2) is 21.0 Å². The molecule has 0 radical (unpaired) electrons. The molecule has 0 fully saturated rings. The minimum Gasteiger partial charge on any atom is -0.480 e. The first-order valence-corrected chi connectivity index (χ1v) is 12.8. The number of fused-ring (bicyclic) bond motifs is 3. The Morgan fingerprint density at radius 1 is 1.03 bits per heavy atom. The predicted molar refractivity (Wildman–Crippen MR) is 138 cm³/mol. The van der Waals surface area contributed by atoms with Gasteiger partial charge in [0.1, 0.15) is 11.8 Å². The van der Waals surface area contributed by atoms with Crippen molar-refractivity contribution in [1.29, 1.82) is 0 Å². The Balaban J connectivity index is 1.66. The van der Waals surface area contributed by atoms with Crippen LogP contribution in [0.25, 0.3) is 5.70 Å². The third kappa shape index (κ3) is 3.49. The van der Waals surface area contributed by atoms with Gasteiger partial charge < -0.3 is 10.1 Å². The Hall–Kier alpha value is -2.93. The maximum atomic E-state index is 6.70. The van der Waals surface area contributed by atoms with Crippen LogP contribution < -0.4 is 10.1 Å². The Morgan fingerprint density at radius 2 is 1.82 bits per heavy atom. The number of nitrogens with one attached hydrogen (secondary N) is 1. The van der Waals surface area contributed by atoms with Gasteiger partial charge in [-0.1, -0.05) is 83.0 Å². The SMILES string of the molecule is CSc1nc2n(n1)C(c1ccc(C)cc1)C1=C(N2)c2cc(Cl)ccc2OC1c1ccccc1Cl.